The van der Waals surface area contributed by atoms with Crippen molar-refractivity contribution in [2.24, 2.45) is 5.73 Å². The van der Waals surface area contributed by atoms with Crippen LogP contribution in [0.3, 0.4) is 0 Å². The third kappa shape index (κ3) is 4.70. The van der Waals surface area contributed by atoms with E-state index in [1.54, 1.807) is 6.20 Å². The van der Waals surface area contributed by atoms with Crippen LogP contribution in [0.1, 0.15) is 10.4 Å². The van der Waals surface area contributed by atoms with Crippen LogP contribution >= 0.6 is 15.9 Å². The summed E-state index contributed by atoms with van der Waals surface area (Å²) in [4.78, 5) is 14.3. The number of hydrogen-bond donors (Lipinski definition) is 1. The minimum absolute atomic E-state index is 0.392. The highest BCUT2D eigenvalue weighted by molar-refractivity contribution is 9.10. The van der Waals surface area contributed by atoms with Gasteiger partial charge in [-0.05, 0) is 28.1 Å². The molecule has 0 spiro atoms. The fourth-order valence-electron chi connectivity index (χ4n) is 1.12. The van der Waals surface area contributed by atoms with Crippen LogP contribution in [0, 0.1) is 17.5 Å². The van der Waals surface area contributed by atoms with Crippen molar-refractivity contribution >= 4 is 21.8 Å². The molecule has 0 atom stereocenters. The standard InChI is InChI=1S/C7H4F3NO.C5H4BrN/c8-3-1-4(9)6(7(11)12)5(10)2-3;6-5-3-1-2-4-7-5/h1-2H,(H2,11,12);1-4H. The van der Waals surface area contributed by atoms with E-state index < -0.39 is 28.9 Å². The van der Waals surface area contributed by atoms with Crippen LogP contribution in [0.4, 0.5) is 13.2 Å². The van der Waals surface area contributed by atoms with E-state index in [1.165, 1.54) is 0 Å². The number of primary amides is 1. The molecule has 2 aromatic rings. The Kier molecular flexibility index (Phi) is 5.50. The molecule has 0 saturated carbocycles. The first kappa shape index (κ1) is 15.2. The van der Waals surface area contributed by atoms with Crippen LogP contribution in [0.2, 0.25) is 0 Å². The number of carbonyl (C=O) groups is 1. The number of hydrogen-bond acceptors (Lipinski definition) is 2. The first-order chi connectivity index (χ1) is 8.91. The van der Waals surface area contributed by atoms with Gasteiger partial charge in [0.05, 0.1) is 0 Å². The van der Waals surface area contributed by atoms with Gasteiger partial charge in [-0.15, -0.1) is 0 Å². The van der Waals surface area contributed by atoms with E-state index in [-0.39, 0.29) is 0 Å². The summed E-state index contributed by atoms with van der Waals surface area (Å²) in [6, 6.07) is 6.48. The molecule has 0 bridgehead atoms. The number of halogens is 4. The number of aromatic nitrogens is 1. The molecule has 0 aliphatic carbocycles. The summed E-state index contributed by atoms with van der Waals surface area (Å²) in [7, 11) is 0. The van der Waals surface area contributed by atoms with Gasteiger partial charge in [0.1, 0.15) is 27.6 Å². The van der Waals surface area contributed by atoms with Crippen molar-refractivity contribution in [2.75, 3.05) is 0 Å². The van der Waals surface area contributed by atoms with Crippen LogP contribution in [-0.2, 0) is 0 Å². The molecule has 1 aromatic carbocycles. The average molecular weight is 333 g/mol. The fraction of sp³-hybridized carbons (Fsp3) is 0. The van der Waals surface area contributed by atoms with Gasteiger partial charge in [0.15, 0.2) is 0 Å². The highest BCUT2D eigenvalue weighted by Crippen LogP contribution is 2.13. The van der Waals surface area contributed by atoms with Gasteiger partial charge in [-0.2, -0.15) is 0 Å². The zero-order valence-corrected chi connectivity index (χ0v) is 11.0. The lowest BCUT2D eigenvalue weighted by atomic mass is 10.2. The Bertz CT molecular complexity index is 555. The molecule has 0 fully saturated rings. The Morgan fingerprint density at radius 3 is 2.05 bits per heavy atom. The Hall–Kier alpha value is -1.89. The summed E-state index contributed by atoms with van der Waals surface area (Å²) in [5.74, 6) is -4.93. The van der Waals surface area contributed by atoms with Crippen molar-refractivity contribution in [3.8, 4) is 0 Å². The van der Waals surface area contributed by atoms with Gasteiger partial charge in [-0.25, -0.2) is 18.2 Å². The summed E-state index contributed by atoms with van der Waals surface area (Å²) >= 11 is 3.20. The first-order valence-electron chi connectivity index (χ1n) is 4.92. The lowest BCUT2D eigenvalue weighted by molar-refractivity contribution is 0.0992. The monoisotopic (exact) mass is 332 g/mol. The number of rotatable bonds is 1. The summed E-state index contributed by atoms with van der Waals surface area (Å²) in [6.45, 7) is 0. The molecule has 1 aromatic heterocycles. The third-order valence-corrected chi connectivity index (χ3v) is 2.35. The van der Waals surface area contributed by atoms with Crippen LogP contribution in [0.5, 0.6) is 0 Å². The maximum Gasteiger partial charge on any atom is 0.254 e. The molecule has 19 heavy (non-hydrogen) atoms. The van der Waals surface area contributed by atoms with Crippen LogP contribution in [0.25, 0.3) is 0 Å². The van der Waals surface area contributed by atoms with Gasteiger partial charge >= 0.3 is 0 Å². The van der Waals surface area contributed by atoms with Crippen LogP contribution in [0.15, 0.2) is 41.1 Å². The van der Waals surface area contributed by atoms with E-state index >= 15 is 0 Å². The molecular weight excluding hydrogens is 325 g/mol. The fourth-order valence-corrected chi connectivity index (χ4v) is 1.39. The zero-order chi connectivity index (χ0) is 14.4. The summed E-state index contributed by atoms with van der Waals surface area (Å²) < 4.78 is 38.3. The van der Waals surface area contributed by atoms with Crippen molar-refractivity contribution in [2.45, 2.75) is 0 Å². The highest BCUT2D eigenvalue weighted by Gasteiger charge is 2.15. The molecule has 2 N–H and O–H groups in total. The van der Waals surface area contributed by atoms with E-state index in [2.05, 4.69) is 26.6 Å². The second-order valence-corrected chi connectivity index (χ2v) is 4.07. The van der Waals surface area contributed by atoms with Crippen molar-refractivity contribution < 1.29 is 18.0 Å². The normalized spacial score (nSPS) is 9.47. The number of carbonyl (C=O) groups excluding carboxylic acids is 1. The maximum atomic E-state index is 12.6. The van der Waals surface area contributed by atoms with Crippen molar-refractivity contribution in [3.05, 3.63) is 64.1 Å². The Balaban J connectivity index is 0.000000218. The van der Waals surface area contributed by atoms with E-state index in [1.807, 2.05) is 18.2 Å². The van der Waals surface area contributed by atoms with Gasteiger partial charge in [0, 0.05) is 18.3 Å². The van der Waals surface area contributed by atoms with Crippen LogP contribution < -0.4 is 5.73 Å². The zero-order valence-electron chi connectivity index (χ0n) is 9.41. The summed E-state index contributed by atoms with van der Waals surface area (Å²) in [5.41, 5.74) is 3.70. The predicted octanol–water partition coefficient (Wildman–Crippen LogP) is 3.05. The SMILES string of the molecule is Brc1ccccn1.NC(=O)c1c(F)cc(F)cc1F. The molecule has 7 heteroatoms. The largest absolute Gasteiger partial charge is 0.365 e. The molecule has 0 saturated heterocycles. The lowest BCUT2D eigenvalue weighted by Gasteiger charge is -1.99. The number of pyridine rings is 1. The molecule has 0 aliphatic rings. The maximum absolute atomic E-state index is 12.6. The highest BCUT2D eigenvalue weighted by atomic mass is 79.9. The minimum atomic E-state index is -1.29. The molecule has 1 amide bonds. The van der Waals surface area contributed by atoms with Crippen LogP contribution in [-0.4, -0.2) is 10.9 Å². The number of benzene rings is 1. The minimum Gasteiger partial charge on any atom is -0.365 e. The molecular formula is C12H8BrF3N2O. The number of nitrogens with zero attached hydrogens (tertiary/aromatic N) is 1. The van der Waals surface area contributed by atoms with Gasteiger partial charge < -0.3 is 5.73 Å². The summed E-state index contributed by atoms with van der Waals surface area (Å²) in [5, 5.41) is 0. The van der Waals surface area contributed by atoms with E-state index in [4.69, 9.17) is 0 Å². The van der Waals surface area contributed by atoms with E-state index in [0.717, 1.165) is 4.60 Å². The lowest BCUT2D eigenvalue weighted by Crippen LogP contribution is -2.15. The van der Waals surface area contributed by atoms with E-state index in [0.29, 0.717) is 12.1 Å². The molecule has 100 valence electrons. The topological polar surface area (TPSA) is 56.0 Å². The number of amides is 1. The van der Waals surface area contributed by atoms with Gasteiger partial charge in [0.2, 0.25) is 0 Å². The van der Waals surface area contributed by atoms with Gasteiger partial charge in [0.25, 0.3) is 5.91 Å². The molecule has 0 aliphatic heterocycles. The Morgan fingerprint density at radius 1 is 1.16 bits per heavy atom. The quantitative estimate of drug-likeness (QED) is 0.816. The first-order valence-corrected chi connectivity index (χ1v) is 5.72. The Morgan fingerprint density at radius 2 is 1.74 bits per heavy atom. The predicted molar refractivity (Wildman–Crippen MR) is 66.8 cm³/mol. The van der Waals surface area contributed by atoms with Gasteiger partial charge in [-0.3, -0.25) is 4.79 Å². The Labute approximate surface area is 115 Å². The molecule has 3 nitrogen and oxygen atoms in total. The van der Waals surface area contributed by atoms with Gasteiger partial charge in [-0.1, -0.05) is 6.07 Å². The smallest absolute Gasteiger partial charge is 0.254 e. The number of nitrogens with two attached hydrogens (primary N) is 1. The second kappa shape index (κ2) is 6.89. The van der Waals surface area contributed by atoms with Crippen molar-refractivity contribution in [1.82, 2.24) is 4.98 Å². The third-order valence-electron chi connectivity index (χ3n) is 1.88. The molecule has 0 radical (unpaired) electrons. The molecule has 1 heterocycles. The molecule has 0 unspecified atom stereocenters. The molecule has 2 rings (SSSR count). The second-order valence-electron chi connectivity index (χ2n) is 3.26. The average Bonchev–Trinajstić information content (AvgIpc) is 2.28. The van der Waals surface area contributed by atoms with Crippen molar-refractivity contribution in [1.29, 1.82) is 0 Å². The summed E-state index contributed by atoms with van der Waals surface area (Å²) in [6.07, 6.45) is 1.74. The van der Waals surface area contributed by atoms with E-state index in [9.17, 15) is 18.0 Å². The van der Waals surface area contributed by atoms with Crippen molar-refractivity contribution in [3.63, 3.8) is 0 Å².